The van der Waals surface area contributed by atoms with E-state index in [0.717, 1.165) is 52.2 Å². The monoisotopic (exact) mass is 797 g/mol. The standard InChI is InChI=1S/C41H38N4O.Pt/c1-7-35-40(28-13-10-9-11-14-28)36(8-2)45(43-35)30-15-12-16-31(25-30)46-32-18-19-33-34-23-27(3)17-20-37(34)44(38(33)26-32)39-24-29(21-22-42-39)41(4,5)6;/h9-24H,7-8H2,1-6H3;/q-2;+2. The summed E-state index contributed by atoms with van der Waals surface area (Å²) in [6, 6.07) is 38.5. The van der Waals surface area contributed by atoms with Crippen molar-refractivity contribution in [2.75, 3.05) is 0 Å². The molecule has 0 aliphatic heterocycles. The topological polar surface area (TPSA) is 44.9 Å². The van der Waals surface area contributed by atoms with Crippen LogP contribution in [0.4, 0.5) is 0 Å². The molecule has 5 nitrogen and oxygen atoms in total. The van der Waals surface area contributed by atoms with Gasteiger partial charge in [-0.15, -0.1) is 35.7 Å². The molecular formula is C41H38N4OPt. The van der Waals surface area contributed by atoms with Gasteiger partial charge in [0, 0.05) is 34.5 Å². The van der Waals surface area contributed by atoms with Gasteiger partial charge in [-0.25, -0.2) is 4.98 Å². The van der Waals surface area contributed by atoms with Gasteiger partial charge in [-0.3, -0.25) is 4.68 Å². The molecule has 7 rings (SSSR count). The first-order valence-electron chi connectivity index (χ1n) is 16.1. The fourth-order valence-corrected chi connectivity index (χ4v) is 6.30. The summed E-state index contributed by atoms with van der Waals surface area (Å²) in [7, 11) is 0. The first-order valence-corrected chi connectivity index (χ1v) is 16.1. The Hall–Kier alpha value is -4.47. The maximum Gasteiger partial charge on any atom is 2.00 e. The molecule has 47 heavy (non-hydrogen) atoms. The number of pyridine rings is 1. The zero-order chi connectivity index (χ0) is 32.0. The molecule has 0 unspecified atom stereocenters. The minimum Gasteiger partial charge on any atom is -0.509 e. The first kappa shape index (κ1) is 32.5. The molecule has 0 N–H and O–H groups in total. The van der Waals surface area contributed by atoms with Crippen LogP contribution in [-0.4, -0.2) is 19.3 Å². The largest absolute Gasteiger partial charge is 2.00 e. The molecule has 0 radical (unpaired) electrons. The number of hydrogen-bond donors (Lipinski definition) is 0. The molecule has 0 fully saturated rings. The normalized spacial score (nSPS) is 11.6. The van der Waals surface area contributed by atoms with E-state index in [4.69, 9.17) is 14.8 Å². The SMILES string of the molecule is CCc1nn(-c2[c-]c(Oc3[c-]c4c(cc3)c3cc(C)ccc3n4-c3cc(C(C)(C)C)ccn3)ccc2)c(CC)c1-c1ccccc1.[Pt+2]. The van der Waals surface area contributed by atoms with Crippen LogP contribution in [0.5, 0.6) is 11.5 Å². The number of aromatic nitrogens is 4. The van der Waals surface area contributed by atoms with Gasteiger partial charge in [0.1, 0.15) is 5.82 Å². The maximum absolute atomic E-state index is 6.47. The summed E-state index contributed by atoms with van der Waals surface area (Å²) in [6.45, 7) is 13.1. The van der Waals surface area contributed by atoms with Crippen molar-refractivity contribution in [1.29, 1.82) is 0 Å². The Kier molecular flexibility index (Phi) is 8.96. The van der Waals surface area contributed by atoms with E-state index in [1.807, 2.05) is 41.2 Å². The zero-order valence-corrected chi connectivity index (χ0v) is 29.9. The number of nitrogens with zero attached hydrogens (tertiary/aromatic N) is 4. The first-order chi connectivity index (χ1) is 22.2. The summed E-state index contributed by atoms with van der Waals surface area (Å²) in [5, 5.41) is 7.32. The van der Waals surface area contributed by atoms with Gasteiger partial charge < -0.3 is 9.30 Å². The third-order valence-corrected chi connectivity index (χ3v) is 8.63. The molecule has 3 aromatic heterocycles. The molecule has 0 aliphatic rings. The Morgan fingerprint density at radius 1 is 0.787 bits per heavy atom. The molecule has 238 valence electrons. The molecule has 3 heterocycles. The van der Waals surface area contributed by atoms with E-state index in [2.05, 4.69) is 119 Å². The van der Waals surface area contributed by atoms with Crippen molar-refractivity contribution >= 4 is 21.8 Å². The number of fused-ring (bicyclic) bond motifs is 3. The average molecular weight is 798 g/mol. The molecule has 0 saturated carbocycles. The van der Waals surface area contributed by atoms with Crippen molar-refractivity contribution < 1.29 is 25.8 Å². The van der Waals surface area contributed by atoms with Gasteiger partial charge in [0.15, 0.2) is 0 Å². The Bertz CT molecular complexity index is 2210. The third-order valence-electron chi connectivity index (χ3n) is 8.63. The Morgan fingerprint density at radius 3 is 2.32 bits per heavy atom. The summed E-state index contributed by atoms with van der Waals surface area (Å²) in [5.41, 5.74) is 9.93. The van der Waals surface area contributed by atoms with E-state index in [9.17, 15) is 0 Å². The van der Waals surface area contributed by atoms with Crippen molar-refractivity contribution in [1.82, 2.24) is 19.3 Å². The van der Waals surface area contributed by atoms with Crippen LogP contribution in [0.3, 0.4) is 0 Å². The zero-order valence-electron chi connectivity index (χ0n) is 27.7. The Balaban J connectivity index is 0.00000386. The van der Waals surface area contributed by atoms with Crippen LogP contribution in [0.1, 0.15) is 57.1 Å². The fourth-order valence-electron chi connectivity index (χ4n) is 6.30. The van der Waals surface area contributed by atoms with Crippen molar-refractivity contribution in [3.63, 3.8) is 0 Å². The quantitative estimate of drug-likeness (QED) is 0.151. The van der Waals surface area contributed by atoms with Crippen molar-refractivity contribution in [2.45, 2.75) is 59.8 Å². The van der Waals surface area contributed by atoms with Crippen LogP contribution in [0, 0.1) is 19.1 Å². The number of rotatable bonds is 7. The van der Waals surface area contributed by atoms with Crippen molar-refractivity contribution in [2.24, 2.45) is 0 Å². The van der Waals surface area contributed by atoms with Crippen LogP contribution < -0.4 is 4.74 Å². The molecule has 4 aromatic carbocycles. The predicted octanol–water partition coefficient (Wildman–Crippen LogP) is 10.2. The smallest absolute Gasteiger partial charge is 0.509 e. The summed E-state index contributed by atoms with van der Waals surface area (Å²) < 4.78 is 10.7. The molecule has 0 aliphatic carbocycles. The minimum absolute atomic E-state index is 0. The van der Waals surface area contributed by atoms with Gasteiger partial charge in [0.05, 0.1) is 5.69 Å². The number of hydrogen-bond acceptors (Lipinski definition) is 3. The van der Waals surface area contributed by atoms with Gasteiger partial charge in [-0.05, 0) is 65.6 Å². The van der Waals surface area contributed by atoms with Crippen LogP contribution in [0.15, 0.2) is 97.2 Å². The summed E-state index contributed by atoms with van der Waals surface area (Å²) >= 11 is 0. The van der Waals surface area contributed by atoms with Gasteiger partial charge in [-0.1, -0.05) is 88.2 Å². The summed E-state index contributed by atoms with van der Waals surface area (Å²) in [4.78, 5) is 4.82. The molecule has 0 saturated heterocycles. The second-order valence-corrected chi connectivity index (χ2v) is 12.8. The molecule has 0 spiro atoms. The van der Waals surface area contributed by atoms with E-state index in [-0.39, 0.29) is 26.5 Å². The van der Waals surface area contributed by atoms with Crippen LogP contribution in [-0.2, 0) is 39.3 Å². The van der Waals surface area contributed by atoms with Gasteiger partial charge in [-0.2, -0.15) is 17.2 Å². The molecule has 6 heteroatoms. The van der Waals surface area contributed by atoms with Gasteiger partial charge >= 0.3 is 21.1 Å². The molecule has 7 aromatic rings. The average Bonchev–Trinajstić information content (AvgIpc) is 3.60. The van der Waals surface area contributed by atoms with Crippen LogP contribution >= 0.6 is 0 Å². The fraction of sp³-hybridized carbons (Fsp3) is 0.220. The van der Waals surface area contributed by atoms with Crippen LogP contribution in [0.25, 0.3) is 44.4 Å². The maximum atomic E-state index is 6.47. The number of ether oxygens (including phenoxy) is 1. The van der Waals surface area contributed by atoms with Gasteiger partial charge in [0.2, 0.25) is 0 Å². The van der Waals surface area contributed by atoms with E-state index >= 15 is 0 Å². The van der Waals surface area contributed by atoms with E-state index in [1.54, 1.807) is 0 Å². The molecule has 0 amide bonds. The Morgan fingerprint density at radius 2 is 1.57 bits per heavy atom. The Labute approximate surface area is 291 Å². The summed E-state index contributed by atoms with van der Waals surface area (Å²) in [6.07, 6.45) is 3.58. The van der Waals surface area contributed by atoms with E-state index in [0.29, 0.717) is 11.5 Å². The third kappa shape index (κ3) is 6.05. The molecule has 0 bridgehead atoms. The number of benzene rings is 4. The van der Waals surface area contributed by atoms with Crippen molar-refractivity contribution in [3.8, 4) is 34.1 Å². The van der Waals surface area contributed by atoms with E-state index < -0.39 is 0 Å². The predicted molar refractivity (Wildman–Crippen MR) is 188 cm³/mol. The second kappa shape index (κ2) is 13.0. The van der Waals surface area contributed by atoms with Gasteiger partial charge in [0.25, 0.3) is 0 Å². The molecular weight excluding hydrogens is 760 g/mol. The molecule has 0 atom stereocenters. The summed E-state index contributed by atoms with van der Waals surface area (Å²) in [5.74, 6) is 2.09. The van der Waals surface area contributed by atoms with Crippen molar-refractivity contribution in [3.05, 3.63) is 132 Å². The second-order valence-electron chi connectivity index (χ2n) is 12.8. The minimum atomic E-state index is -0.00214. The van der Waals surface area contributed by atoms with E-state index in [1.165, 1.54) is 27.6 Å². The number of aryl methyl sites for hydroxylation is 2. The van der Waals surface area contributed by atoms with Crippen LogP contribution in [0.2, 0.25) is 0 Å².